The second-order valence-corrected chi connectivity index (χ2v) is 9.19. The average molecular weight is 443 g/mol. The Hall–Kier alpha value is -3.03. The molecule has 0 unspecified atom stereocenters. The molecule has 3 aromatic rings. The molecule has 154 valence electrons. The minimum Gasteiger partial charge on any atom is -0.454 e. The van der Waals surface area contributed by atoms with Crippen LogP contribution in [0.4, 0.5) is 11.4 Å². The second kappa shape index (κ2) is 8.38. The van der Waals surface area contributed by atoms with Crippen LogP contribution in [0.15, 0.2) is 72.8 Å². The highest BCUT2D eigenvalue weighted by Gasteiger charge is 2.28. The Morgan fingerprint density at radius 2 is 1.70 bits per heavy atom. The Morgan fingerprint density at radius 3 is 2.43 bits per heavy atom. The highest BCUT2D eigenvalue weighted by atomic mass is 35.5. The van der Waals surface area contributed by atoms with Gasteiger partial charge < -0.3 is 10.1 Å². The third-order valence-corrected chi connectivity index (χ3v) is 6.87. The molecule has 3 aromatic carbocycles. The summed E-state index contributed by atoms with van der Waals surface area (Å²) >= 11 is 6.16. The zero-order chi connectivity index (χ0) is 21.1. The monoisotopic (exact) mass is 442 g/mol. The molecular weight excluding hydrogens is 424 g/mol. The van der Waals surface area contributed by atoms with Crippen LogP contribution in [0, 0.1) is 0 Å². The molecule has 1 amide bonds. The van der Waals surface area contributed by atoms with E-state index in [1.165, 1.54) is 4.31 Å². The minimum absolute atomic E-state index is 0.121. The third kappa shape index (κ3) is 4.27. The third-order valence-electron chi connectivity index (χ3n) is 4.69. The van der Waals surface area contributed by atoms with E-state index >= 15 is 0 Å². The van der Waals surface area contributed by atoms with Crippen molar-refractivity contribution in [2.24, 2.45) is 0 Å². The summed E-state index contributed by atoms with van der Waals surface area (Å²) in [6, 6.07) is 20.7. The van der Waals surface area contributed by atoms with Crippen molar-refractivity contribution in [2.45, 2.75) is 6.42 Å². The number of nitrogens with one attached hydrogen (secondary N) is 1. The van der Waals surface area contributed by atoms with Crippen LogP contribution in [0.25, 0.3) is 0 Å². The summed E-state index contributed by atoms with van der Waals surface area (Å²) in [4.78, 5) is 12.9. The standard InChI is InChI=1S/C22H19ClN2O4S/c23-18-9-1-3-11-20(18)29-21-12-4-2-10-19(21)24-22(26)16-7-5-8-17(15-16)25-13-6-14-30(25,27)28/h1-5,7-12,15H,6,13-14H2,(H,24,26). The molecule has 4 rings (SSSR count). The molecule has 0 saturated carbocycles. The highest BCUT2D eigenvalue weighted by molar-refractivity contribution is 7.93. The largest absolute Gasteiger partial charge is 0.454 e. The maximum atomic E-state index is 12.9. The van der Waals surface area contributed by atoms with Crippen LogP contribution in [0.3, 0.4) is 0 Å². The predicted octanol–water partition coefficient (Wildman–Crippen LogP) is 4.92. The van der Waals surface area contributed by atoms with Gasteiger partial charge in [0.2, 0.25) is 10.0 Å². The Labute approximate surface area is 180 Å². The van der Waals surface area contributed by atoms with Gasteiger partial charge in [-0.3, -0.25) is 9.10 Å². The van der Waals surface area contributed by atoms with Crippen molar-refractivity contribution in [1.82, 2.24) is 0 Å². The molecular formula is C22H19ClN2O4S. The molecule has 1 aliphatic heterocycles. The predicted molar refractivity (Wildman–Crippen MR) is 118 cm³/mol. The van der Waals surface area contributed by atoms with Crippen molar-refractivity contribution in [3.63, 3.8) is 0 Å². The van der Waals surface area contributed by atoms with Gasteiger partial charge in [-0.05, 0) is 48.9 Å². The summed E-state index contributed by atoms with van der Waals surface area (Å²) < 4.78 is 31.6. The lowest BCUT2D eigenvalue weighted by atomic mass is 10.1. The molecule has 30 heavy (non-hydrogen) atoms. The van der Waals surface area contributed by atoms with Gasteiger partial charge in [-0.1, -0.05) is 41.9 Å². The van der Waals surface area contributed by atoms with E-state index in [1.54, 1.807) is 72.8 Å². The molecule has 1 aliphatic rings. The smallest absolute Gasteiger partial charge is 0.255 e. The van der Waals surface area contributed by atoms with Crippen LogP contribution in [0.2, 0.25) is 5.02 Å². The molecule has 1 N–H and O–H groups in total. The molecule has 8 heteroatoms. The average Bonchev–Trinajstić information content (AvgIpc) is 3.10. The van der Waals surface area contributed by atoms with Crippen LogP contribution < -0.4 is 14.4 Å². The van der Waals surface area contributed by atoms with Gasteiger partial charge in [-0.25, -0.2) is 8.42 Å². The van der Waals surface area contributed by atoms with Gasteiger partial charge in [0.25, 0.3) is 5.91 Å². The lowest BCUT2D eigenvalue weighted by molar-refractivity contribution is 0.102. The summed E-state index contributed by atoms with van der Waals surface area (Å²) in [5.74, 6) is 0.666. The van der Waals surface area contributed by atoms with Crippen LogP contribution in [0.1, 0.15) is 16.8 Å². The van der Waals surface area contributed by atoms with E-state index in [0.717, 1.165) is 0 Å². The van der Waals surface area contributed by atoms with Crippen molar-refractivity contribution >= 4 is 38.9 Å². The van der Waals surface area contributed by atoms with Crippen molar-refractivity contribution in [3.05, 3.63) is 83.4 Å². The topological polar surface area (TPSA) is 75.7 Å². The Kier molecular flexibility index (Phi) is 5.65. The highest BCUT2D eigenvalue weighted by Crippen LogP contribution is 2.33. The molecule has 0 spiro atoms. The number of halogens is 1. The van der Waals surface area contributed by atoms with Crippen LogP contribution in [-0.2, 0) is 10.0 Å². The second-order valence-electron chi connectivity index (χ2n) is 6.77. The molecule has 0 bridgehead atoms. The number of anilines is 2. The van der Waals surface area contributed by atoms with Gasteiger partial charge in [0.1, 0.15) is 5.75 Å². The van der Waals surface area contributed by atoms with E-state index < -0.39 is 10.0 Å². The van der Waals surface area contributed by atoms with Gasteiger partial charge in [-0.2, -0.15) is 0 Å². The SMILES string of the molecule is O=C(Nc1ccccc1Oc1ccccc1Cl)c1cccc(N2CCCS2(=O)=O)c1. The van der Waals surface area contributed by atoms with Gasteiger partial charge in [0, 0.05) is 12.1 Å². The van der Waals surface area contributed by atoms with E-state index in [2.05, 4.69) is 5.32 Å². The van der Waals surface area contributed by atoms with Crippen molar-refractivity contribution in [3.8, 4) is 11.5 Å². The van der Waals surface area contributed by atoms with Crippen LogP contribution in [0.5, 0.6) is 11.5 Å². The first-order chi connectivity index (χ1) is 14.4. The Morgan fingerprint density at radius 1 is 0.967 bits per heavy atom. The van der Waals surface area contributed by atoms with E-state index in [4.69, 9.17) is 16.3 Å². The van der Waals surface area contributed by atoms with E-state index in [-0.39, 0.29) is 11.7 Å². The summed E-state index contributed by atoms with van der Waals surface area (Å²) in [6.45, 7) is 0.419. The molecule has 1 fully saturated rings. The first-order valence-corrected chi connectivity index (χ1v) is 11.4. The number of hydrogen-bond acceptors (Lipinski definition) is 4. The van der Waals surface area contributed by atoms with Crippen molar-refractivity contribution < 1.29 is 17.9 Å². The van der Waals surface area contributed by atoms with E-state index in [1.807, 2.05) is 0 Å². The Bertz CT molecular complexity index is 1200. The summed E-state index contributed by atoms with van der Waals surface area (Å²) in [6.07, 6.45) is 0.575. The van der Waals surface area contributed by atoms with Crippen molar-refractivity contribution in [1.29, 1.82) is 0 Å². The number of para-hydroxylation sites is 3. The van der Waals surface area contributed by atoms with E-state index in [0.29, 0.717) is 46.4 Å². The molecule has 1 saturated heterocycles. The van der Waals surface area contributed by atoms with E-state index in [9.17, 15) is 13.2 Å². The summed E-state index contributed by atoms with van der Waals surface area (Å²) in [5.41, 5.74) is 1.31. The van der Waals surface area contributed by atoms with Crippen LogP contribution in [-0.4, -0.2) is 26.6 Å². The number of ether oxygens (including phenoxy) is 1. The number of amides is 1. The zero-order valence-electron chi connectivity index (χ0n) is 15.9. The fourth-order valence-corrected chi connectivity index (χ4v) is 4.96. The van der Waals surface area contributed by atoms with Gasteiger partial charge in [0.15, 0.2) is 5.75 Å². The summed E-state index contributed by atoms with van der Waals surface area (Å²) in [5, 5.41) is 3.29. The van der Waals surface area contributed by atoms with Crippen LogP contribution >= 0.6 is 11.6 Å². The lowest BCUT2D eigenvalue weighted by Gasteiger charge is -2.18. The van der Waals surface area contributed by atoms with Gasteiger partial charge in [0.05, 0.1) is 22.2 Å². The number of carbonyl (C=O) groups is 1. The zero-order valence-corrected chi connectivity index (χ0v) is 17.5. The maximum absolute atomic E-state index is 12.9. The maximum Gasteiger partial charge on any atom is 0.255 e. The number of nitrogens with zero attached hydrogens (tertiary/aromatic N) is 1. The number of carbonyl (C=O) groups excluding carboxylic acids is 1. The van der Waals surface area contributed by atoms with Gasteiger partial charge in [-0.15, -0.1) is 0 Å². The van der Waals surface area contributed by atoms with Crippen molar-refractivity contribution in [2.75, 3.05) is 21.9 Å². The normalized spacial score (nSPS) is 15.0. The first-order valence-electron chi connectivity index (χ1n) is 9.37. The summed E-state index contributed by atoms with van der Waals surface area (Å²) in [7, 11) is -3.32. The fourth-order valence-electron chi connectivity index (χ4n) is 3.23. The fraction of sp³-hybridized carbons (Fsp3) is 0.136. The van der Waals surface area contributed by atoms with Gasteiger partial charge >= 0.3 is 0 Å². The number of sulfonamides is 1. The quantitative estimate of drug-likeness (QED) is 0.608. The Balaban J connectivity index is 1.57. The number of rotatable bonds is 5. The number of hydrogen-bond donors (Lipinski definition) is 1. The molecule has 0 aromatic heterocycles. The molecule has 6 nitrogen and oxygen atoms in total. The minimum atomic E-state index is -3.32. The molecule has 0 radical (unpaired) electrons. The lowest BCUT2D eigenvalue weighted by Crippen LogP contribution is -2.25. The number of benzene rings is 3. The molecule has 1 heterocycles. The first kappa shape index (κ1) is 20.3. The molecule has 0 atom stereocenters. The molecule has 0 aliphatic carbocycles.